The van der Waals surface area contributed by atoms with E-state index in [1.165, 1.54) is 0 Å². The molecule has 36 heavy (non-hydrogen) atoms. The van der Waals surface area contributed by atoms with E-state index in [4.69, 9.17) is 23.2 Å². The molecule has 0 saturated carbocycles. The van der Waals surface area contributed by atoms with E-state index in [2.05, 4.69) is 5.32 Å². The Balaban J connectivity index is 1.95. The molecule has 0 aliphatic heterocycles. The number of carbonyl (C=O) groups excluding carboxylic acids is 2. The van der Waals surface area contributed by atoms with Gasteiger partial charge in [0.05, 0.1) is 10.0 Å². The van der Waals surface area contributed by atoms with Gasteiger partial charge >= 0.3 is 0 Å². The van der Waals surface area contributed by atoms with Crippen molar-refractivity contribution in [3.63, 3.8) is 0 Å². The second-order valence-corrected chi connectivity index (χ2v) is 10.2. The first kappa shape index (κ1) is 27.8. The average Bonchev–Trinajstić information content (AvgIpc) is 2.88. The predicted octanol–water partition coefficient (Wildman–Crippen LogP) is 7.10. The summed E-state index contributed by atoms with van der Waals surface area (Å²) in [6.07, 6.45) is 0.738. The first-order valence-electron chi connectivity index (χ1n) is 12.4. The van der Waals surface area contributed by atoms with Gasteiger partial charge in [-0.3, -0.25) is 9.59 Å². The Morgan fingerprint density at radius 1 is 0.861 bits per heavy atom. The molecule has 0 aliphatic rings. The molecule has 0 aromatic heterocycles. The van der Waals surface area contributed by atoms with Gasteiger partial charge in [0.1, 0.15) is 6.04 Å². The Bertz CT molecular complexity index is 1100. The number of carbonyl (C=O) groups is 2. The van der Waals surface area contributed by atoms with Crippen molar-refractivity contribution in [1.29, 1.82) is 0 Å². The van der Waals surface area contributed by atoms with Crippen LogP contribution in [-0.2, 0) is 16.1 Å². The van der Waals surface area contributed by atoms with Crippen LogP contribution in [-0.4, -0.2) is 29.3 Å². The molecule has 6 heteroatoms. The summed E-state index contributed by atoms with van der Waals surface area (Å²) in [5, 5.41) is 3.89. The molecule has 3 aromatic carbocycles. The topological polar surface area (TPSA) is 49.4 Å². The number of amides is 2. The van der Waals surface area contributed by atoms with Crippen molar-refractivity contribution in [1.82, 2.24) is 10.2 Å². The van der Waals surface area contributed by atoms with E-state index in [1.807, 2.05) is 87.5 Å². The van der Waals surface area contributed by atoms with Crippen molar-refractivity contribution in [3.8, 4) is 0 Å². The summed E-state index contributed by atoms with van der Waals surface area (Å²) in [4.78, 5) is 28.9. The van der Waals surface area contributed by atoms with Crippen LogP contribution in [0.2, 0.25) is 10.0 Å². The minimum Gasteiger partial charge on any atom is -0.354 e. The Kier molecular flexibility index (Phi) is 10.4. The molecular formula is C30H34Cl2N2O2. The number of rotatable bonds is 11. The maximum Gasteiger partial charge on any atom is 0.242 e. The molecule has 0 heterocycles. The van der Waals surface area contributed by atoms with Gasteiger partial charge in [-0.05, 0) is 41.2 Å². The predicted molar refractivity (Wildman–Crippen MR) is 148 cm³/mol. The highest BCUT2D eigenvalue weighted by atomic mass is 35.5. The molecule has 0 radical (unpaired) electrons. The lowest BCUT2D eigenvalue weighted by molar-refractivity contribution is -0.141. The second kappa shape index (κ2) is 13.5. The number of hydrogen-bond donors (Lipinski definition) is 1. The third kappa shape index (κ3) is 7.59. The third-order valence-electron chi connectivity index (χ3n) is 6.19. The zero-order chi connectivity index (χ0) is 26.1. The highest BCUT2D eigenvalue weighted by Gasteiger charge is 2.31. The fourth-order valence-electron chi connectivity index (χ4n) is 4.27. The molecule has 2 amide bonds. The van der Waals surface area contributed by atoms with Crippen LogP contribution in [0.4, 0.5) is 0 Å². The third-order valence-corrected chi connectivity index (χ3v) is 6.93. The quantitative estimate of drug-likeness (QED) is 0.291. The van der Waals surface area contributed by atoms with Crippen molar-refractivity contribution in [2.24, 2.45) is 5.92 Å². The fraction of sp³-hybridized carbons (Fsp3) is 0.333. The zero-order valence-corrected chi connectivity index (χ0v) is 22.6. The van der Waals surface area contributed by atoms with Crippen molar-refractivity contribution in [2.75, 3.05) is 6.54 Å². The lowest BCUT2D eigenvalue weighted by Crippen LogP contribution is -2.49. The summed E-state index contributed by atoms with van der Waals surface area (Å²) < 4.78 is 0. The molecule has 3 rings (SSSR count). The molecule has 3 aromatic rings. The number of nitrogens with one attached hydrogen (secondary N) is 1. The van der Waals surface area contributed by atoms with E-state index >= 15 is 0 Å². The molecule has 0 spiro atoms. The number of nitrogens with zero attached hydrogens (tertiary/aromatic N) is 1. The average molecular weight is 526 g/mol. The Morgan fingerprint density at radius 3 is 1.94 bits per heavy atom. The van der Waals surface area contributed by atoms with Crippen LogP contribution < -0.4 is 5.32 Å². The Labute approximate surface area is 224 Å². The summed E-state index contributed by atoms with van der Waals surface area (Å²) in [5.74, 6) is -0.0560. The molecule has 4 nitrogen and oxygen atoms in total. The maximum atomic E-state index is 14.0. The highest BCUT2D eigenvalue weighted by molar-refractivity contribution is 6.42. The fourth-order valence-corrected chi connectivity index (χ4v) is 4.59. The Hall–Kier alpha value is -2.82. The minimum atomic E-state index is -0.599. The summed E-state index contributed by atoms with van der Waals surface area (Å²) in [7, 11) is 0. The van der Waals surface area contributed by atoms with Crippen LogP contribution in [0.1, 0.15) is 56.2 Å². The molecule has 1 atom stereocenters. The van der Waals surface area contributed by atoms with Gasteiger partial charge < -0.3 is 10.2 Å². The highest BCUT2D eigenvalue weighted by Crippen LogP contribution is 2.30. The van der Waals surface area contributed by atoms with Crippen LogP contribution in [0.15, 0.2) is 78.9 Å². The molecule has 0 unspecified atom stereocenters. The van der Waals surface area contributed by atoms with Crippen molar-refractivity contribution in [2.45, 2.75) is 52.1 Å². The van der Waals surface area contributed by atoms with Crippen LogP contribution in [0, 0.1) is 5.92 Å². The monoisotopic (exact) mass is 524 g/mol. The maximum absolute atomic E-state index is 14.0. The van der Waals surface area contributed by atoms with Gasteiger partial charge in [0.25, 0.3) is 0 Å². The van der Waals surface area contributed by atoms with Crippen molar-refractivity contribution < 1.29 is 9.59 Å². The van der Waals surface area contributed by atoms with Crippen LogP contribution >= 0.6 is 23.2 Å². The second-order valence-electron chi connectivity index (χ2n) is 9.41. The lowest BCUT2D eigenvalue weighted by atomic mass is 9.88. The number of halogens is 2. The van der Waals surface area contributed by atoms with Gasteiger partial charge in [-0.1, -0.05) is 111 Å². The molecule has 0 bridgehead atoms. The molecular weight excluding hydrogens is 491 g/mol. The summed E-state index contributed by atoms with van der Waals surface area (Å²) in [6.45, 7) is 6.84. The van der Waals surface area contributed by atoms with Crippen LogP contribution in [0.25, 0.3) is 0 Å². The zero-order valence-electron chi connectivity index (χ0n) is 21.1. The molecule has 1 N–H and O–H groups in total. The summed E-state index contributed by atoms with van der Waals surface area (Å²) >= 11 is 12.4. The molecule has 0 saturated heterocycles. The van der Waals surface area contributed by atoms with Gasteiger partial charge in [0.2, 0.25) is 11.8 Å². The largest absolute Gasteiger partial charge is 0.354 e. The number of benzene rings is 3. The van der Waals surface area contributed by atoms with E-state index in [-0.39, 0.29) is 30.7 Å². The van der Waals surface area contributed by atoms with Crippen LogP contribution in [0.5, 0.6) is 0 Å². The first-order chi connectivity index (χ1) is 17.3. The first-order valence-corrected chi connectivity index (χ1v) is 13.2. The Morgan fingerprint density at radius 2 is 1.44 bits per heavy atom. The van der Waals surface area contributed by atoms with Gasteiger partial charge in [0.15, 0.2) is 0 Å². The SMILES string of the molecule is CC[C@@H](C(=O)NCC(C)C)N(Cc1ccc(Cl)c(Cl)c1)C(=O)CC(c1ccccc1)c1ccccc1. The van der Waals surface area contributed by atoms with E-state index in [0.29, 0.717) is 28.9 Å². The number of hydrogen-bond acceptors (Lipinski definition) is 2. The van der Waals surface area contributed by atoms with E-state index < -0.39 is 6.04 Å². The van der Waals surface area contributed by atoms with Gasteiger partial charge in [-0.15, -0.1) is 0 Å². The normalized spacial score (nSPS) is 12.0. The van der Waals surface area contributed by atoms with E-state index in [1.54, 1.807) is 17.0 Å². The van der Waals surface area contributed by atoms with E-state index in [9.17, 15) is 9.59 Å². The molecule has 0 aliphatic carbocycles. The van der Waals surface area contributed by atoms with Crippen molar-refractivity contribution >= 4 is 35.0 Å². The van der Waals surface area contributed by atoms with Crippen molar-refractivity contribution in [3.05, 3.63) is 106 Å². The summed E-state index contributed by atoms with van der Waals surface area (Å²) in [6, 6.07) is 24.8. The van der Waals surface area contributed by atoms with Gasteiger partial charge in [-0.25, -0.2) is 0 Å². The molecule has 0 fully saturated rings. The van der Waals surface area contributed by atoms with Gasteiger partial charge in [0, 0.05) is 25.4 Å². The summed E-state index contributed by atoms with van der Waals surface area (Å²) in [5.41, 5.74) is 2.94. The minimum absolute atomic E-state index is 0.0923. The standard InChI is InChI=1S/C30H34Cl2N2O2/c1-4-28(30(36)33-19-21(2)3)34(20-22-15-16-26(31)27(32)17-22)29(35)18-25(23-11-7-5-8-12-23)24-13-9-6-10-14-24/h5-17,21,25,28H,4,18-20H2,1-3H3,(H,33,36)/t28-/m0/s1. The lowest BCUT2D eigenvalue weighted by Gasteiger charge is -2.32. The van der Waals surface area contributed by atoms with Crippen LogP contribution in [0.3, 0.4) is 0 Å². The van der Waals surface area contributed by atoms with Gasteiger partial charge in [-0.2, -0.15) is 0 Å². The van der Waals surface area contributed by atoms with E-state index in [0.717, 1.165) is 16.7 Å². The smallest absolute Gasteiger partial charge is 0.242 e. The molecule has 190 valence electrons.